The van der Waals surface area contributed by atoms with Crippen LogP contribution < -0.4 is 5.32 Å². The van der Waals surface area contributed by atoms with E-state index in [-0.39, 0.29) is 24.0 Å². The Bertz CT molecular complexity index is 1020. The lowest BCUT2D eigenvalue weighted by atomic mass is 10.1. The highest BCUT2D eigenvalue weighted by atomic mass is 35.5. The maximum atomic E-state index is 13.6. The standard InChI is InChI=1S/C21H20ClFN4OS/c1-3-10-27-20(16-6-8-17(22)9-7-16)25-26-21(27)29-13-19(28)24-12-15-5-4-14(2)18(23)11-15/h3-9,11H,1,10,12-13H2,2H3,(H,24,28). The first-order chi connectivity index (χ1) is 14.0. The normalized spacial score (nSPS) is 10.7. The molecule has 1 aromatic heterocycles. The highest BCUT2D eigenvalue weighted by Crippen LogP contribution is 2.25. The van der Waals surface area contributed by atoms with Crippen molar-refractivity contribution in [1.29, 1.82) is 0 Å². The van der Waals surface area contributed by atoms with Gasteiger partial charge in [-0.2, -0.15) is 0 Å². The van der Waals surface area contributed by atoms with Crippen molar-refractivity contribution in [2.24, 2.45) is 0 Å². The third-order valence-corrected chi connectivity index (χ3v) is 5.41. The summed E-state index contributed by atoms with van der Waals surface area (Å²) in [5, 5.41) is 12.5. The van der Waals surface area contributed by atoms with E-state index in [1.807, 2.05) is 16.7 Å². The fraction of sp³-hybridized carbons (Fsp3) is 0.190. The number of hydrogen-bond acceptors (Lipinski definition) is 4. The van der Waals surface area contributed by atoms with Crippen molar-refractivity contribution < 1.29 is 9.18 Å². The summed E-state index contributed by atoms with van der Waals surface area (Å²) >= 11 is 7.24. The second kappa shape index (κ2) is 9.71. The first-order valence-electron chi connectivity index (χ1n) is 8.92. The van der Waals surface area contributed by atoms with Gasteiger partial charge >= 0.3 is 0 Å². The Balaban J connectivity index is 1.63. The van der Waals surface area contributed by atoms with Crippen LogP contribution in [-0.2, 0) is 17.9 Å². The smallest absolute Gasteiger partial charge is 0.230 e. The fourth-order valence-electron chi connectivity index (χ4n) is 2.63. The summed E-state index contributed by atoms with van der Waals surface area (Å²) < 4.78 is 15.5. The van der Waals surface area contributed by atoms with Crippen molar-refractivity contribution in [3.63, 3.8) is 0 Å². The number of hydrogen-bond donors (Lipinski definition) is 1. The van der Waals surface area contributed by atoms with E-state index in [1.54, 1.807) is 37.3 Å². The van der Waals surface area contributed by atoms with Crippen LogP contribution in [0, 0.1) is 12.7 Å². The minimum Gasteiger partial charge on any atom is -0.351 e. The number of rotatable bonds is 8. The average Bonchev–Trinajstić information content (AvgIpc) is 3.11. The van der Waals surface area contributed by atoms with Crippen molar-refractivity contribution in [3.8, 4) is 11.4 Å². The molecule has 150 valence electrons. The summed E-state index contributed by atoms with van der Waals surface area (Å²) in [5.74, 6) is 0.403. The third kappa shape index (κ3) is 5.46. The number of carbonyl (C=O) groups is 1. The Labute approximate surface area is 178 Å². The highest BCUT2D eigenvalue weighted by molar-refractivity contribution is 7.99. The molecule has 1 heterocycles. The zero-order valence-electron chi connectivity index (χ0n) is 15.9. The van der Waals surface area contributed by atoms with Crippen molar-refractivity contribution in [3.05, 3.63) is 77.1 Å². The van der Waals surface area contributed by atoms with Crippen molar-refractivity contribution in [1.82, 2.24) is 20.1 Å². The molecule has 1 amide bonds. The Morgan fingerprint density at radius 1 is 1.28 bits per heavy atom. The van der Waals surface area contributed by atoms with E-state index < -0.39 is 0 Å². The van der Waals surface area contributed by atoms with Crippen LogP contribution in [0.1, 0.15) is 11.1 Å². The number of carbonyl (C=O) groups excluding carboxylic acids is 1. The number of halogens is 2. The third-order valence-electron chi connectivity index (χ3n) is 4.19. The summed E-state index contributed by atoms with van der Waals surface area (Å²) in [5.41, 5.74) is 2.17. The molecule has 0 aliphatic rings. The molecular formula is C21H20ClFN4OS. The van der Waals surface area contributed by atoms with E-state index >= 15 is 0 Å². The lowest BCUT2D eigenvalue weighted by Gasteiger charge is -2.09. The first kappa shape index (κ1) is 21.1. The van der Waals surface area contributed by atoms with Gasteiger partial charge in [-0.25, -0.2) is 4.39 Å². The van der Waals surface area contributed by atoms with E-state index in [4.69, 9.17) is 11.6 Å². The lowest BCUT2D eigenvalue weighted by molar-refractivity contribution is -0.118. The van der Waals surface area contributed by atoms with Gasteiger partial charge in [0.1, 0.15) is 5.82 Å². The number of thioether (sulfide) groups is 1. The van der Waals surface area contributed by atoms with Crippen LogP contribution in [0.2, 0.25) is 5.02 Å². The molecule has 0 aliphatic carbocycles. The molecule has 3 rings (SSSR count). The van der Waals surface area contributed by atoms with Gasteiger partial charge < -0.3 is 5.32 Å². The van der Waals surface area contributed by atoms with Crippen LogP contribution >= 0.6 is 23.4 Å². The molecule has 5 nitrogen and oxygen atoms in total. The maximum Gasteiger partial charge on any atom is 0.230 e. The largest absolute Gasteiger partial charge is 0.351 e. The zero-order chi connectivity index (χ0) is 20.8. The van der Waals surface area contributed by atoms with Crippen LogP contribution in [-0.4, -0.2) is 26.4 Å². The van der Waals surface area contributed by atoms with Crippen LogP contribution in [0.15, 0.2) is 60.3 Å². The number of amides is 1. The number of benzene rings is 2. The Morgan fingerprint density at radius 2 is 2.03 bits per heavy atom. The second-order valence-electron chi connectivity index (χ2n) is 6.36. The molecule has 29 heavy (non-hydrogen) atoms. The van der Waals surface area contributed by atoms with Crippen molar-refractivity contribution in [2.45, 2.75) is 25.2 Å². The topological polar surface area (TPSA) is 59.8 Å². The summed E-state index contributed by atoms with van der Waals surface area (Å²) in [4.78, 5) is 12.2. The second-order valence-corrected chi connectivity index (χ2v) is 7.74. The maximum absolute atomic E-state index is 13.6. The molecule has 0 unspecified atom stereocenters. The van der Waals surface area contributed by atoms with E-state index in [9.17, 15) is 9.18 Å². The van der Waals surface area contributed by atoms with Crippen molar-refractivity contribution in [2.75, 3.05) is 5.75 Å². The molecule has 0 radical (unpaired) electrons. The quantitative estimate of drug-likeness (QED) is 0.417. The molecule has 0 saturated heterocycles. The van der Waals surface area contributed by atoms with E-state index in [1.165, 1.54) is 17.8 Å². The molecule has 0 saturated carbocycles. The molecule has 1 N–H and O–H groups in total. The van der Waals surface area contributed by atoms with Gasteiger partial charge in [0.15, 0.2) is 11.0 Å². The van der Waals surface area contributed by atoms with Gasteiger partial charge in [-0.3, -0.25) is 9.36 Å². The number of nitrogens with zero attached hydrogens (tertiary/aromatic N) is 3. The Morgan fingerprint density at radius 3 is 2.72 bits per heavy atom. The summed E-state index contributed by atoms with van der Waals surface area (Å²) in [6.45, 7) is 6.26. The van der Waals surface area contributed by atoms with Gasteiger partial charge in [-0.05, 0) is 48.4 Å². The predicted molar refractivity (Wildman–Crippen MR) is 114 cm³/mol. The van der Waals surface area contributed by atoms with Gasteiger partial charge in [-0.15, -0.1) is 16.8 Å². The SMILES string of the molecule is C=CCn1c(SCC(=O)NCc2ccc(C)c(F)c2)nnc1-c1ccc(Cl)cc1. The first-order valence-corrected chi connectivity index (χ1v) is 10.3. The van der Waals surface area contributed by atoms with Gasteiger partial charge in [0.05, 0.1) is 5.75 Å². The highest BCUT2D eigenvalue weighted by Gasteiger charge is 2.15. The molecule has 0 bridgehead atoms. The molecule has 0 aliphatic heterocycles. The monoisotopic (exact) mass is 430 g/mol. The summed E-state index contributed by atoms with van der Waals surface area (Å²) in [6.07, 6.45) is 1.75. The molecule has 0 spiro atoms. The molecule has 2 aromatic carbocycles. The van der Waals surface area contributed by atoms with Gasteiger partial charge in [0, 0.05) is 23.7 Å². The lowest BCUT2D eigenvalue weighted by Crippen LogP contribution is -2.24. The van der Waals surface area contributed by atoms with Crippen LogP contribution in [0.25, 0.3) is 11.4 Å². The Hall–Kier alpha value is -2.64. The minimum atomic E-state index is -0.279. The summed E-state index contributed by atoms with van der Waals surface area (Å²) in [7, 11) is 0. The van der Waals surface area contributed by atoms with Gasteiger partial charge in [-0.1, -0.05) is 41.6 Å². The molecule has 3 aromatic rings. The summed E-state index contributed by atoms with van der Waals surface area (Å²) in [6, 6.07) is 12.2. The molecule has 0 atom stereocenters. The van der Waals surface area contributed by atoms with E-state index in [0.717, 1.165) is 5.56 Å². The number of aromatic nitrogens is 3. The minimum absolute atomic E-state index is 0.169. The van der Waals surface area contributed by atoms with Gasteiger partial charge in [0.25, 0.3) is 0 Å². The Kier molecular flexibility index (Phi) is 7.06. The zero-order valence-corrected chi connectivity index (χ0v) is 17.4. The predicted octanol–water partition coefficient (Wildman–Crippen LogP) is 4.64. The molecule has 0 fully saturated rings. The van der Waals surface area contributed by atoms with Crippen LogP contribution in [0.5, 0.6) is 0 Å². The number of nitrogens with one attached hydrogen (secondary N) is 1. The number of aryl methyl sites for hydroxylation is 1. The molecule has 8 heteroatoms. The molecular weight excluding hydrogens is 411 g/mol. The van der Waals surface area contributed by atoms with Crippen LogP contribution in [0.3, 0.4) is 0 Å². The van der Waals surface area contributed by atoms with Crippen LogP contribution in [0.4, 0.5) is 4.39 Å². The fourth-order valence-corrected chi connectivity index (χ4v) is 3.53. The van der Waals surface area contributed by atoms with E-state index in [0.29, 0.717) is 33.7 Å². The number of allylic oxidation sites excluding steroid dienone is 1. The average molecular weight is 431 g/mol. The van der Waals surface area contributed by atoms with Gasteiger partial charge in [0.2, 0.25) is 5.91 Å². The van der Waals surface area contributed by atoms with E-state index in [2.05, 4.69) is 22.1 Å². The van der Waals surface area contributed by atoms with Crippen molar-refractivity contribution >= 4 is 29.3 Å².